The van der Waals surface area contributed by atoms with Gasteiger partial charge in [-0.05, 0) is 57.6 Å². The van der Waals surface area contributed by atoms with E-state index in [0.717, 1.165) is 10.5 Å². The number of hydrogen-bond acceptors (Lipinski definition) is 17. The second-order valence-electron chi connectivity index (χ2n) is 16.4. The molecule has 0 aromatic heterocycles. The van der Waals surface area contributed by atoms with Gasteiger partial charge in [0.25, 0.3) is 5.91 Å². The van der Waals surface area contributed by atoms with E-state index in [9.17, 15) is 93.0 Å². The number of esters is 2. The zero-order chi connectivity index (χ0) is 53.2. The Labute approximate surface area is 405 Å². The highest BCUT2D eigenvalue weighted by Gasteiger charge is 2.33. The van der Waals surface area contributed by atoms with Crippen LogP contribution in [0.25, 0.3) is 0 Å². The standard InChI is InChI=1S/C43H60N8O20/c1-25-5-4-6-26(19-25)39(65)44-14-3-2-7-30(43(69)70)48-42(68)29(10-13-34(57)58)47-41(67)28(9-12-33(55)56)46-40(66)27(8-11-32(53)54)45-31(52)20-50(22-36(61)62)17-15-49(21-35(59)60)16-18-51-23-37(63)71-38(64)24-51/h4-6,19,27-30H,2-3,7-18,20-24H2,1H3,(H,44,65)(H,45,52)(H,46,66)(H,47,67)(H,48,68)(H,53,54)(H,55,56)(H,57,58)(H,59,60)(H,61,62)(H,69,70). The van der Waals surface area contributed by atoms with Gasteiger partial charge in [0.15, 0.2) is 0 Å². The first-order valence-electron chi connectivity index (χ1n) is 22.2. The molecule has 1 fully saturated rings. The number of carbonyl (C=O) groups excluding carboxylic acids is 7. The highest BCUT2D eigenvalue weighted by atomic mass is 16.6. The second-order valence-corrected chi connectivity index (χ2v) is 16.4. The van der Waals surface area contributed by atoms with Crippen LogP contribution >= 0.6 is 0 Å². The maximum atomic E-state index is 13.7. The first kappa shape index (κ1) is 59.5. The van der Waals surface area contributed by atoms with Gasteiger partial charge in [0, 0.05) is 57.5 Å². The largest absolute Gasteiger partial charge is 0.481 e. The third-order valence-electron chi connectivity index (χ3n) is 10.4. The fraction of sp³-hybridized carbons (Fsp3) is 0.558. The SMILES string of the molecule is Cc1cccc(C(=O)NCCCCC(NC(=O)C(CCC(=O)O)NC(=O)C(CCC(=O)O)NC(=O)C(CCC(=O)O)NC(=O)CN(CCN(CCN2CC(=O)OC(=O)C2)CC(=O)O)CC(=O)O)C(=O)O)c1. The van der Waals surface area contributed by atoms with Crippen LogP contribution in [0, 0.1) is 6.92 Å². The number of rotatable bonds is 35. The first-order chi connectivity index (χ1) is 33.4. The highest BCUT2D eigenvalue weighted by Crippen LogP contribution is 2.10. The predicted molar refractivity (Wildman–Crippen MR) is 239 cm³/mol. The van der Waals surface area contributed by atoms with Crippen molar-refractivity contribution in [3.63, 3.8) is 0 Å². The number of aryl methyl sites for hydroxylation is 1. The molecule has 28 heteroatoms. The minimum atomic E-state index is -1.84. The lowest BCUT2D eigenvalue weighted by Gasteiger charge is -2.29. The van der Waals surface area contributed by atoms with Gasteiger partial charge in [-0.25, -0.2) is 4.79 Å². The number of nitrogens with zero attached hydrogens (tertiary/aromatic N) is 3. The van der Waals surface area contributed by atoms with E-state index in [1.54, 1.807) is 18.2 Å². The Hall–Kier alpha value is -7.59. The van der Waals surface area contributed by atoms with Gasteiger partial charge in [-0.3, -0.25) is 72.2 Å². The van der Waals surface area contributed by atoms with Crippen LogP contribution in [0.1, 0.15) is 73.7 Å². The van der Waals surface area contributed by atoms with Crippen LogP contribution in [-0.4, -0.2) is 212 Å². The molecule has 0 bridgehead atoms. The van der Waals surface area contributed by atoms with E-state index in [1.807, 2.05) is 13.0 Å². The Morgan fingerprint density at radius 2 is 1.07 bits per heavy atom. The van der Waals surface area contributed by atoms with Crippen molar-refractivity contribution in [3.8, 4) is 0 Å². The van der Waals surface area contributed by atoms with Gasteiger partial charge >= 0.3 is 47.8 Å². The molecule has 5 amide bonds. The van der Waals surface area contributed by atoms with E-state index in [1.165, 1.54) is 9.80 Å². The summed E-state index contributed by atoms with van der Waals surface area (Å²) in [5.74, 6) is -15.2. The number of cyclic esters (lactones) is 2. The molecule has 0 spiro atoms. The first-order valence-corrected chi connectivity index (χ1v) is 22.2. The smallest absolute Gasteiger partial charge is 0.327 e. The highest BCUT2D eigenvalue weighted by molar-refractivity contribution is 5.96. The number of ether oxygens (including phenoxy) is 1. The predicted octanol–water partition coefficient (Wildman–Crippen LogP) is -3.33. The Morgan fingerprint density at radius 1 is 0.592 bits per heavy atom. The molecule has 1 aliphatic heterocycles. The average molecular weight is 1010 g/mol. The van der Waals surface area contributed by atoms with E-state index in [-0.39, 0.29) is 71.0 Å². The molecule has 4 atom stereocenters. The van der Waals surface area contributed by atoms with Crippen molar-refractivity contribution in [2.75, 3.05) is 65.4 Å². The van der Waals surface area contributed by atoms with Gasteiger partial charge in [-0.15, -0.1) is 0 Å². The van der Waals surface area contributed by atoms with Crippen molar-refractivity contribution in [3.05, 3.63) is 35.4 Å². The maximum Gasteiger partial charge on any atom is 0.327 e. The molecule has 1 aromatic rings. The summed E-state index contributed by atoms with van der Waals surface area (Å²) in [4.78, 5) is 164. The number of benzene rings is 1. The van der Waals surface area contributed by atoms with Crippen molar-refractivity contribution in [2.24, 2.45) is 0 Å². The maximum absolute atomic E-state index is 13.7. The minimum Gasteiger partial charge on any atom is -0.481 e. The molecular formula is C43H60N8O20. The van der Waals surface area contributed by atoms with Gasteiger partial charge in [-0.1, -0.05) is 17.7 Å². The molecule has 1 heterocycles. The van der Waals surface area contributed by atoms with Gasteiger partial charge < -0.3 is 62.0 Å². The summed E-state index contributed by atoms with van der Waals surface area (Å²) in [5, 5.41) is 68.6. The van der Waals surface area contributed by atoms with Crippen molar-refractivity contribution in [1.82, 2.24) is 41.3 Å². The fourth-order valence-electron chi connectivity index (χ4n) is 6.89. The Balaban J connectivity index is 2.20. The summed E-state index contributed by atoms with van der Waals surface area (Å²) in [5.41, 5.74) is 1.28. The lowest BCUT2D eigenvalue weighted by atomic mass is 10.0. The molecule has 1 aromatic carbocycles. The second kappa shape index (κ2) is 30.8. The van der Waals surface area contributed by atoms with E-state index < -0.39 is 154 Å². The molecule has 0 radical (unpaired) electrons. The van der Waals surface area contributed by atoms with Crippen molar-refractivity contribution >= 4 is 77.3 Å². The number of carboxylic acid groups (broad SMARTS) is 6. The molecule has 11 N–H and O–H groups in total. The summed E-state index contributed by atoms with van der Waals surface area (Å²) in [7, 11) is 0. The number of amides is 5. The summed E-state index contributed by atoms with van der Waals surface area (Å²) in [6.07, 6.45) is -3.88. The van der Waals surface area contributed by atoms with Crippen molar-refractivity contribution < 1.29 is 97.7 Å². The number of nitrogens with one attached hydrogen (secondary N) is 5. The van der Waals surface area contributed by atoms with E-state index >= 15 is 0 Å². The zero-order valence-electron chi connectivity index (χ0n) is 38.8. The number of carbonyl (C=O) groups is 13. The van der Waals surface area contributed by atoms with Crippen LogP contribution < -0.4 is 26.6 Å². The molecular weight excluding hydrogens is 949 g/mol. The minimum absolute atomic E-state index is 0.0270. The molecule has 1 aliphatic rings. The molecule has 4 unspecified atom stereocenters. The quantitative estimate of drug-likeness (QED) is 0.0180. The average Bonchev–Trinajstić information content (AvgIpc) is 3.26. The fourth-order valence-corrected chi connectivity index (χ4v) is 6.89. The third-order valence-corrected chi connectivity index (χ3v) is 10.4. The van der Waals surface area contributed by atoms with Crippen LogP contribution in [-0.2, 0) is 62.3 Å². The molecule has 392 valence electrons. The molecule has 71 heavy (non-hydrogen) atoms. The Bertz CT molecular complexity index is 2100. The number of carboxylic acids is 6. The van der Waals surface area contributed by atoms with Crippen LogP contribution in [0.3, 0.4) is 0 Å². The molecule has 2 rings (SSSR count). The Kier molecular flexibility index (Phi) is 25.8. The normalized spacial score (nSPS) is 14.2. The lowest BCUT2D eigenvalue weighted by molar-refractivity contribution is -0.167. The number of morpholine rings is 1. The topological polar surface area (TPSA) is 422 Å². The van der Waals surface area contributed by atoms with Crippen LogP contribution in [0.4, 0.5) is 0 Å². The number of aliphatic carboxylic acids is 6. The van der Waals surface area contributed by atoms with E-state index in [0.29, 0.717) is 5.56 Å². The molecule has 28 nitrogen and oxygen atoms in total. The van der Waals surface area contributed by atoms with Crippen LogP contribution in [0.2, 0.25) is 0 Å². The van der Waals surface area contributed by atoms with Crippen LogP contribution in [0.5, 0.6) is 0 Å². The monoisotopic (exact) mass is 1010 g/mol. The van der Waals surface area contributed by atoms with E-state index in [2.05, 4.69) is 31.3 Å². The van der Waals surface area contributed by atoms with Crippen molar-refractivity contribution in [1.29, 1.82) is 0 Å². The van der Waals surface area contributed by atoms with Gasteiger partial charge in [0.1, 0.15) is 24.2 Å². The van der Waals surface area contributed by atoms with Gasteiger partial charge in [0.05, 0.1) is 32.7 Å². The summed E-state index contributed by atoms with van der Waals surface area (Å²) >= 11 is 0. The van der Waals surface area contributed by atoms with E-state index in [4.69, 9.17) is 0 Å². The molecule has 0 saturated carbocycles. The number of unbranched alkanes of at least 4 members (excludes halogenated alkanes) is 1. The lowest BCUT2D eigenvalue weighted by Crippen LogP contribution is -2.58. The third kappa shape index (κ3) is 25.0. The molecule has 1 saturated heterocycles. The zero-order valence-corrected chi connectivity index (χ0v) is 38.8. The summed E-state index contributed by atoms with van der Waals surface area (Å²) in [6, 6.07) is -0.126. The number of hydrogen-bond donors (Lipinski definition) is 11. The summed E-state index contributed by atoms with van der Waals surface area (Å²) < 4.78 is 4.47. The van der Waals surface area contributed by atoms with Crippen molar-refractivity contribution in [2.45, 2.75) is 88.9 Å². The van der Waals surface area contributed by atoms with Gasteiger partial charge in [-0.2, -0.15) is 0 Å². The molecule has 0 aliphatic carbocycles. The van der Waals surface area contributed by atoms with Crippen LogP contribution in [0.15, 0.2) is 24.3 Å². The summed E-state index contributed by atoms with van der Waals surface area (Å²) in [6.45, 7) is -1.09. The van der Waals surface area contributed by atoms with Gasteiger partial charge in [0.2, 0.25) is 23.6 Å². The Morgan fingerprint density at radius 3 is 1.55 bits per heavy atom.